The molecule has 0 heterocycles. The second-order valence-electron chi connectivity index (χ2n) is 4.63. The van der Waals surface area contributed by atoms with E-state index < -0.39 is 0 Å². The number of hydrogen-bond acceptors (Lipinski definition) is 4. The number of ether oxygens (including phenoxy) is 2. The van der Waals surface area contributed by atoms with Gasteiger partial charge in [-0.15, -0.1) is 0 Å². The summed E-state index contributed by atoms with van der Waals surface area (Å²) in [6.07, 6.45) is 0.792. The summed E-state index contributed by atoms with van der Waals surface area (Å²) in [6, 6.07) is 13.5. The molecule has 2 rings (SSSR count). The highest BCUT2D eigenvalue weighted by Crippen LogP contribution is 2.33. The SMILES string of the molecule is COc1cc(Br)c(CCNc2ccccc2C#N)cc1OC. The third-order valence-electron chi connectivity index (χ3n) is 3.31. The van der Waals surface area contributed by atoms with Gasteiger partial charge in [0.05, 0.1) is 25.5 Å². The minimum absolute atomic E-state index is 0.647. The molecule has 0 bridgehead atoms. The Kier molecular flexibility index (Phi) is 5.68. The Morgan fingerprint density at radius 1 is 1.14 bits per heavy atom. The maximum Gasteiger partial charge on any atom is 0.161 e. The third-order valence-corrected chi connectivity index (χ3v) is 4.05. The highest BCUT2D eigenvalue weighted by atomic mass is 79.9. The summed E-state index contributed by atoms with van der Waals surface area (Å²) >= 11 is 3.55. The van der Waals surface area contributed by atoms with E-state index in [-0.39, 0.29) is 0 Å². The number of nitrogens with zero attached hydrogens (tertiary/aromatic N) is 1. The maximum absolute atomic E-state index is 9.08. The number of nitriles is 1. The lowest BCUT2D eigenvalue weighted by molar-refractivity contribution is 0.354. The van der Waals surface area contributed by atoms with Crippen molar-refractivity contribution in [3.8, 4) is 17.6 Å². The molecule has 22 heavy (non-hydrogen) atoms. The number of halogens is 1. The first-order valence-corrected chi connectivity index (χ1v) is 7.62. The van der Waals surface area contributed by atoms with E-state index >= 15 is 0 Å². The zero-order chi connectivity index (χ0) is 15.9. The summed E-state index contributed by atoms with van der Waals surface area (Å²) in [5.74, 6) is 1.40. The van der Waals surface area contributed by atoms with E-state index in [1.54, 1.807) is 20.3 Å². The van der Waals surface area contributed by atoms with Gasteiger partial charge in [0.2, 0.25) is 0 Å². The van der Waals surface area contributed by atoms with Crippen LogP contribution in [0.4, 0.5) is 5.69 Å². The number of rotatable bonds is 6. The van der Waals surface area contributed by atoms with Gasteiger partial charge in [-0.05, 0) is 36.2 Å². The van der Waals surface area contributed by atoms with Gasteiger partial charge in [0.1, 0.15) is 6.07 Å². The summed E-state index contributed by atoms with van der Waals surface area (Å²) in [6.45, 7) is 0.715. The predicted octanol–water partition coefficient (Wildman–Crippen LogP) is 3.99. The van der Waals surface area contributed by atoms with Crippen LogP contribution in [0.1, 0.15) is 11.1 Å². The molecule has 0 spiro atoms. The number of anilines is 1. The molecular formula is C17H17BrN2O2. The van der Waals surface area contributed by atoms with Crippen LogP contribution in [-0.4, -0.2) is 20.8 Å². The van der Waals surface area contributed by atoms with Crippen LogP contribution >= 0.6 is 15.9 Å². The Morgan fingerprint density at radius 3 is 2.50 bits per heavy atom. The van der Waals surface area contributed by atoms with E-state index in [9.17, 15) is 0 Å². The Labute approximate surface area is 138 Å². The molecule has 0 saturated heterocycles. The lowest BCUT2D eigenvalue weighted by Gasteiger charge is -2.13. The molecule has 0 aromatic heterocycles. The maximum atomic E-state index is 9.08. The second-order valence-corrected chi connectivity index (χ2v) is 5.49. The molecule has 1 N–H and O–H groups in total. The van der Waals surface area contributed by atoms with Crippen LogP contribution in [0.25, 0.3) is 0 Å². The molecule has 0 radical (unpaired) electrons. The molecule has 0 unspecified atom stereocenters. The van der Waals surface area contributed by atoms with Gasteiger partial charge in [0, 0.05) is 11.0 Å². The van der Waals surface area contributed by atoms with E-state index in [0.29, 0.717) is 23.6 Å². The molecule has 5 heteroatoms. The molecule has 2 aromatic carbocycles. The number of hydrogen-bond donors (Lipinski definition) is 1. The predicted molar refractivity (Wildman–Crippen MR) is 90.6 cm³/mol. The van der Waals surface area contributed by atoms with Crippen LogP contribution in [-0.2, 0) is 6.42 Å². The number of para-hydroxylation sites is 1. The van der Waals surface area contributed by atoms with Gasteiger partial charge in [-0.25, -0.2) is 0 Å². The van der Waals surface area contributed by atoms with Crippen molar-refractivity contribution in [2.45, 2.75) is 6.42 Å². The van der Waals surface area contributed by atoms with Gasteiger partial charge in [0.25, 0.3) is 0 Å². The minimum Gasteiger partial charge on any atom is -0.493 e. The molecule has 0 atom stereocenters. The van der Waals surface area contributed by atoms with Gasteiger partial charge < -0.3 is 14.8 Å². The second kappa shape index (κ2) is 7.71. The van der Waals surface area contributed by atoms with E-state index in [1.165, 1.54) is 0 Å². The standard InChI is InChI=1S/C17H17BrN2O2/c1-21-16-9-12(14(18)10-17(16)22-2)7-8-20-15-6-4-3-5-13(15)11-19/h3-6,9-10,20H,7-8H2,1-2H3. The fraction of sp³-hybridized carbons (Fsp3) is 0.235. The van der Waals surface area contributed by atoms with E-state index in [1.807, 2.05) is 30.3 Å². The molecule has 2 aromatic rings. The zero-order valence-corrected chi connectivity index (χ0v) is 14.1. The molecule has 0 aliphatic carbocycles. The van der Waals surface area contributed by atoms with Crippen molar-refractivity contribution in [3.05, 3.63) is 52.0 Å². The quantitative estimate of drug-likeness (QED) is 0.845. The Hall–Kier alpha value is -2.19. The van der Waals surface area contributed by atoms with Crippen molar-refractivity contribution in [2.75, 3.05) is 26.1 Å². The van der Waals surface area contributed by atoms with Gasteiger partial charge >= 0.3 is 0 Å². The van der Waals surface area contributed by atoms with Crippen LogP contribution < -0.4 is 14.8 Å². The van der Waals surface area contributed by atoms with Crippen LogP contribution in [0.2, 0.25) is 0 Å². The highest BCUT2D eigenvalue weighted by Gasteiger charge is 2.09. The smallest absolute Gasteiger partial charge is 0.161 e. The van der Waals surface area contributed by atoms with Crippen molar-refractivity contribution in [3.63, 3.8) is 0 Å². The fourth-order valence-corrected chi connectivity index (χ4v) is 2.68. The monoisotopic (exact) mass is 360 g/mol. The Morgan fingerprint density at radius 2 is 1.82 bits per heavy atom. The fourth-order valence-electron chi connectivity index (χ4n) is 2.15. The van der Waals surface area contributed by atoms with Crippen molar-refractivity contribution >= 4 is 21.6 Å². The summed E-state index contributed by atoms with van der Waals surface area (Å²) in [5.41, 5.74) is 2.61. The topological polar surface area (TPSA) is 54.3 Å². The summed E-state index contributed by atoms with van der Waals surface area (Å²) in [4.78, 5) is 0. The lowest BCUT2D eigenvalue weighted by Crippen LogP contribution is -2.07. The molecule has 0 aliphatic rings. The first-order valence-electron chi connectivity index (χ1n) is 6.83. The molecule has 0 amide bonds. The molecule has 114 valence electrons. The van der Waals surface area contributed by atoms with E-state index in [4.69, 9.17) is 14.7 Å². The zero-order valence-electron chi connectivity index (χ0n) is 12.5. The number of methoxy groups -OCH3 is 2. The molecule has 0 aliphatic heterocycles. The van der Waals surface area contributed by atoms with Crippen molar-refractivity contribution < 1.29 is 9.47 Å². The summed E-state index contributed by atoms with van der Waals surface area (Å²) < 4.78 is 11.6. The average molecular weight is 361 g/mol. The van der Waals surface area contributed by atoms with Crippen LogP contribution in [0.5, 0.6) is 11.5 Å². The molecular weight excluding hydrogens is 344 g/mol. The van der Waals surface area contributed by atoms with Crippen molar-refractivity contribution in [1.29, 1.82) is 5.26 Å². The summed E-state index contributed by atoms with van der Waals surface area (Å²) in [7, 11) is 3.24. The molecule has 0 fully saturated rings. The molecule has 0 saturated carbocycles. The third kappa shape index (κ3) is 3.71. The van der Waals surface area contributed by atoms with Gasteiger partial charge in [0.15, 0.2) is 11.5 Å². The largest absolute Gasteiger partial charge is 0.493 e. The first-order chi connectivity index (χ1) is 10.7. The Balaban J connectivity index is 2.07. The van der Waals surface area contributed by atoms with Crippen molar-refractivity contribution in [2.24, 2.45) is 0 Å². The number of nitrogens with one attached hydrogen (secondary N) is 1. The average Bonchev–Trinajstić information content (AvgIpc) is 2.56. The number of benzene rings is 2. The van der Waals surface area contributed by atoms with Crippen molar-refractivity contribution in [1.82, 2.24) is 0 Å². The van der Waals surface area contributed by atoms with Gasteiger partial charge in [-0.3, -0.25) is 0 Å². The Bertz CT molecular complexity index is 696. The first kappa shape index (κ1) is 16.2. The molecule has 4 nitrogen and oxygen atoms in total. The minimum atomic E-state index is 0.647. The van der Waals surface area contributed by atoms with Crippen LogP contribution in [0.3, 0.4) is 0 Å². The highest BCUT2D eigenvalue weighted by molar-refractivity contribution is 9.10. The normalized spacial score (nSPS) is 9.91. The van der Waals surface area contributed by atoms with E-state index in [0.717, 1.165) is 22.1 Å². The lowest BCUT2D eigenvalue weighted by atomic mass is 10.1. The van der Waals surface area contributed by atoms with E-state index in [2.05, 4.69) is 27.3 Å². The van der Waals surface area contributed by atoms with Gasteiger partial charge in [-0.2, -0.15) is 5.26 Å². The van der Waals surface area contributed by atoms with Crippen LogP contribution in [0, 0.1) is 11.3 Å². The van der Waals surface area contributed by atoms with Gasteiger partial charge in [-0.1, -0.05) is 28.1 Å². The summed E-state index contributed by atoms with van der Waals surface area (Å²) in [5, 5.41) is 12.4. The van der Waals surface area contributed by atoms with Crippen LogP contribution in [0.15, 0.2) is 40.9 Å².